The lowest BCUT2D eigenvalue weighted by Crippen LogP contribution is -2.46. The number of carboxylic acid groups (broad SMARTS) is 1. The first-order chi connectivity index (χ1) is 10.6. The van der Waals surface area contributed by atoms with Gasteiger partial charge in [-0.05, 0) is 50.3 Å². The molecule has 0 bridgehead atoms. The molecule has 0 aromatic heterocycles. The van der Waals surface area contributed by atoms with Gasteiger partial charge < -0.3 is 5.11 Å². The molecule has 0 radical (unpaired) electrons. The highest BCUT2D eigenvalue weighted by molar-refractivity contribution is 5.69. The highest BCUT2D eigenvalue weighted by Crippen LogP contribution is 2.35. The Morgan fingerprint density at radius 1 is 1.27 bits per heavy atom. The summed E-state index contributed by atoms with van der Waals surface area (Å²) in [6.45, 7) is 2.30. The summed E-state index contributed by atoms with van der Waals surface area (Å²) in [4.78, 5) is 15.5. The van der Waals surface area contributed by atoms with Crippen molar-refractivity contribution >= 4 is 5.97 Å². The minimum absolute atomic E-state index is 0.150. The Balaban J connectivity index is 1.62. The summed E-state index contributed by atoms with van der Waals surface area (Å²) in [6, 6.07) is 9.84. The van der Waals surface area contributed by atoms with Gasteiger partial charge in [-0.25, -0.2) is 0 Å². The standard InChI is InChI=1S/C18H26N2O2/c1-19(13-18(21)22)15-9-11-20(12-10-15)17-8-4-6-14-5-2-3-7-16(14)17/h2-3,5,7,15,17H,4,6,8-13H2,1H3,(H,21,22). The number of aliphatic carboxylic acids is 1. The van der Waals surface area contributed by atoms with E-state index in [1.54, 1.807) is 0 Å². The van der Waals surface area contributed by atoms with E-state index in [0.29, 0.717) is 12.1 Å². The quantitative estimate of drug-likeness (QED) is 0.928. The van der Waals surface area contributed by atoms with E-state index in [1.165, 1.54) is 30.4 Å². The van der Waals surface area contributed by atoms with Gasteiger partial charge in [0.2, 0.25) is 0 Å². The molecule has 0 amide bonds. The maximum absolute atomic E-state index is 10.8. The number of carbonyl (C=O) groups is 1. The van der Waals surface area contributed by atoms with Crippen LogP contribution in [0.5, 0.6) is 0 Å². The average molecular weight is 302 g/mol. The maximum atomic E-state index is 10.8. The number of likely N-dealkylation sites (N-methyl/N-ethyl adjacent to an activating group) is 1. The molecule has 120 valence electrons. The Kier molecular flexibility index (Phi) is 4.79. The van der Waals surface area contributed by atoms with Gasteiger partial charge in [0, 0.05) is 25.2 Å². The first-order valence-electron chi connectivity index (χ1n) is 8.39. The lowest BCUT2D eigenvalue weighted by Gasteiger charge is -2.42. The van der Waals surface area contributed by atoms with Crippen LogP contribution in [-0.2, 0) is 11.2 Å². The van der Waals surface area contributed by atoms with Crippen molar-refractivity contribution in [3.05, 3.63) is 35.4 Å². The van der Waals surface area contributed by atoms with Crippen LogP contribution >= 0.6 is 0 Å². The van der Waals surface area contributed by atoms with Gasteiger partial charge in [0.05, 0.1) is 6.54 Å². The second-order valence-corrected chi connectivity index (χ2v) is 6.68. The van der Waals surface area contributed by atoms with Crippen LogP contribution in [0.1, 0.15) is 42.9 Å². The van der Waals surface area contributed by atoms with Crippen LogP contribution in [0.4, 0.5) is 0 Å². The van der Waals surface area contributed by atoms with Gasteiger partial charge >= 0.3 is 5.97 Å². The topological polar surface area (TPSA) is 43.8 Å². The molecule has 0 spiro atoms. The van der Waals surface area contributed by atoms with E-state index < -0.39 is 5.97 Å². The van der Waals surface area contributed by atoms with Crippen molar-refractivity contribution in [2.45, 2.75) is 44.2 Å². The third kappa shape index (κ3) is 3.33. The molecule has 1 aromatic rings. The van der Waals surface area contributed by atoms with Crippen LogP contribution in [0.3, 0.4) is 0 Å². The summed E-state index contributed by atoms with van der Waals surface area (Å²) in [7, 11) is 1.93. The van der Waals surface area contributed by atoms with E-state index in [-0.39, 0.29) is 6.54 Å². The zero-order valence-corrected chi connectivity index (χ0v) is 13.4. The van der Waals surface area contributed by atoms with Crippen LogP contribution in [-0.4, -0.2) is 53.6 Å². The first kappa shape index (κ1) is 15.5. The fourth-order valence-electron chi connectivity index (χ4n) is 4.09. The molecule has 1 aliphatic heterocycles. The molecule has 3 rings (SSSR count). The van der Waals surface area contributed by atoms with Crippen molar-refractivity contribution in [2.24, 2.45) is 0 Å². The number of piperidine rings is 1. The highest BCUT2D eigenvalue weighted by Gasteiger charge is 2.30. The summed E-state index contributed by atoms with van der Waals surface area (Å²) in [5.41, 5.74) is 3.04. The molecule has 0 saturated carbocycles. The molecule has 1 atom stereocenters. The van der Waals surface area contributed by atoms with E-state index in [0.717, 1.165) is 25.9 Å². The largest absolute Gasteiger partial charge is 0.480 e. The van der Waals surface area contributed by atoms with E-state index in [9.17, 15) is 4.79 Å². The Labute approximate surface area is 132 Å². The smallest absolute Gasteiger partial charge is 0.317 e. The normalized spacial score (nSPS) is 23.5. The highest BCUT2D eigenvalue weighted by atomic mass is 16.4. The third-order valence-corrected chi connectivity index (χ3v) is 5.29. The van der Waals surface area contributed by atoms with Crippen LogP contribution in [0.15, 0.2) is 24.3 Å². The Morgan fingerprint density at radius 3 is 2.73 bits per heavy atom. The molecule has 1 aromatic carbocycles. The Bertz CT molecular complexity index is 524. The number of rotatable bonds is 4. The van der Waals surface area contributed by atoms with Gasteiger partial charge in [-0.2, -0.15) is 0 Å². The van der Waals surface area contributed by atoms with Gasteiger partial charge in [0.25, 0.3) is 0 Å². The molecule has 2 aliphatic rings. The zero-order chi connectivity index (χ0) is 15.5. The molecule has 4 nitrogen and oxygen atoms in total. The Hall–Kier alpha value is -1.39. The fraction of sp³-hybridized carbons (Fsp3) is 0.611. The second kappa shape index (κ2) is 6.80. The number of likely N-dealkylation sites (tertiary alicyclic amines) is 1. The maximum Gasteiger partial charge on any atom is 0.317 e. The molecule has 1 fully saturated rings. The summed E-state index contributed by atoms with van der Waals surface area (Å²) >= 11 is 0. The van der Waals surface area contributed by atoms with Crippen LogP contribution < -0.4 is 0 Å². The molecule has 1 unspecified atom stereocenters. The molecular formula is C18H26N2O2. The van der Waals surface area contributed by atoms with Crippen molar-refractivity contribution in [2.75, 3.05) is 26.7 Å². The molecule has 22 heavy (non-hydrogen) atoms. The van der Waals surface area contributed by atoms with Gasteiger partial charge in [-0.1, -0.05) is 24.3 Å². The first-order valence-corrected chi connectivity index (χ1v) is 8.39. The summed E-state index contributed by atoms with van der Waals surface area (Å²) in [6.07, 6.45) is 5.89. The van der Waals surface area contributed by atoms with Crippen molar-refractivity contribution in [3.63, 3.8) is 0 Å². The predicted molar refractivity (Wildman–Crippen MR) is 87.0 cm³/mol. The summed E-state index contributed by atoms with van der Waals surface area (Å²) < 4.78 is 0. The summed E-state index contributed by atoms with van der Waals surface area (Å²) in [5, 5.41) is 8.93. The van der Waals surface area contributed by atoms with Gasteiger partial charge in [-0.3, -0.25) is 14.6 Å². The van der Waals surface area contributed by atoms with Crippen LogP contribution in [0, 0.1) is 0 Å². The molecule has 4 heteroatoms. The number of aryl methyl sites for hydroxylation is 1. The minimum Gasteiger partial charge on any atom is -0.480 e. The van der Waals surface area contributed by atoms with Gasteiger partial charge in [0.1, 0.15) is 0 Å². The predicted octanol–water partition coefficient (Wildman–Crippen LogP) is 2.54. The molecule has 1 heterocycles. The third-order valence-electron chi connectivity index (χ3n) is 5.29. The lowest BCUT2D eigenvalue weighted by molar-refractivity contribution is -0.138. The van der Waals surface area contributed by atoms with Crippen molar-refractivity contribution in [3.8, 4) is 0 Å². The van der Waals surface area contributed by atoms with Crippen LogP contribution in [0.25, 0.3) is 0 Å². The molecule has 1 aliphatic carbocycles. The monoisotopic (exact) mass is 302 g/mol. The number of nitrogens with zero attached hydrogens (tertiary/aromatic N) is 2. The SMILES string of the molecule is CN(CC(=O)O)C1CCN(C2CCCc3ccccc32)CC1. The number of benzene rings is 1. The molecular weight excluding hydrogens is 276 g/mol. The van der Waals surface area contributed by atoms with Gasteiger partial charge in [0.15, 0.2) is 0 Å². The number of hydrogen-bond donors (Lipinski definition) is 1. The van der Waals surface area contributed by atoms with E-state index in [4.69, 9.17) is 5.11 Å². The molecule has 1 N–H and O–H groups in total. The van der Waals surface area contributed by atoms with Crippen LogP contribution in [0.2, 0.25) is 0 Å². The van der Waals surface area contributed by atoms with E-state index in [1.807, 2.05) is 11.9 Å². The van der Waals surface area contributed by atoms with Crippen molar-refractivity contribution in [1.82, 2.24) is 9.80 Å². The zero-order valence-electron chi connectivity index (χ0n) is 13.4. The second-order valence-electron chi connectivity index (χ2n) is 6.68. The molecule has 1 saturated heterocycles. The van der Waals surface area contributed by atoms with Crippen molar-refractivity contribution in [1.29, 1.82) is 0 Å². The minimum atomic E-state index is -0.730. The summed E-state index contributed by atoms with van der Waals surface area (Å²) in [5.74, 6) is -0.730. The van der Waals surface area contributed by atoms with E-state index >= 15 is 0 Å². The number of carboxylic acids is 1. The van der Waals surface area contributed by atoms with E-state index in [2.05, 4.69) is 29.2 Å². The number of hydrogen-bond acceptors (Lipinski definition) is 3. The number of fused-ring (bicyclic) bond motifs is 1. The van der Waals surface area contributed by atoms with Gasteiger partial charge in [-0.15, -0.1) is 0 Å². The Morgan fingerprint density at radius 2 is 2.00 bits per heavy atom. The van der Waals surface area contributed by atoms with Crippen molar-refractivity contribution < 1.29 is 9.90 Å². The average Bonchev–Trinajstić information content (AvgIpc) is 2.54. The fourth-order valence-corrected chi connectivity index (χ4v) is 4.09. The lowest BCUT2D eigenvalue weighted by atomic mass is 9.85.